The number of hydrogen-bond acceptors (Lipinski definition) is 1. The van der Waals surface area contributed by atoms with Gasteiger partial charge in [-0.2, -0.15) is 5.26 Å². The number of aryl methyl sites for hydroxylation is 1. The minimum absolute atomic E-state index is 0.748. The fourth-order valence-electron chi connectivity index (χ4n) is 2.06. The minimum atomic E-state index is -1.34. The van der Waals surface area contributed by atoms with Crippen LogP contribution < -0.4 is 5.19 Å². The van der Waals surface area contributed by atoms with Crippen LogP contribution in [0.15, 0.2) is 24.4 Å². The Morgan fingerprint density at radius 2 is 1.94 bits per heavy atom. The summed E-state index contributed by atoms with van der Waals surface area (Å²) >= 11 is 0. The fourth-order valence-corrected chi connectivity index (χ4v) is 3.65. The highest BCUT2D eigenvalue weighted by atomic mass is 28.3. The van der Waals surface area contributed by atoms with Gasteiger partial charge in [-0.05, 0) is 23.4 Å². The number of nitrogens with zero attached hydrogens (tertiary/aromatic N) is 2. The van der Waals surface area contributed by atoms with E-state index < -0.39 is 8.07 Å². The summed E-state index contributed by atoms with van der Waals surface area (Å²) in [6.45, 7) is 7.00. The normalized spacial score (nSPS) is 11.7. The van der Waals surface area contributed by atoms with E-state index in [0.29, 0.717) is 0 Å². The molecular formula is C13H16N2Si. The van der Waals surface area contributed by atoms with Crippen LogP contribution in [0.3, 0.4) is 0 Å². The van der Waals surface area contributed by atoms with Crippen molar-refractivity contribution in [1.29, 1.82) is 5.26 Å². The Morgan fingerprint density at radius 1 is 1.25 bits per heavy atom. The van der Waals surface area contributed by atoms with Gasteiger partial charge in [0, 0.05) is 24.1 Å². The molecule has 2 nitrogen and oxygen atoms in total. The number of benzene rings is 1. The molecule has 0 bridgehead atoms. The van der Waals surface area contributed by atoms with Gasteiger partial charge in [-0.15, -0.1) is 0 Å². The zero-order valence-electron chi connectivity index (χ0n) is 10.2. The maximum atomic E-state index is 8.95. The molecule has 0 fully saturated rings. The van der Waals surface area contributed by atoms with Gasteiger partial charge in [-0.1, -0.05) is 19.6 Å². The van der Waals surface area contributed by atoms with E-state index >= 15 is 0 Å². The first-order chi connectivity index (χ1) is 7.43. The van der Waals surface area contributed by atoms with Gasteiger partial charge in [0.05, 0.1) is 19.7 Å². The first kappa shape index (κ1) is 11.0. The predicted octanol–water partition coefficient (Wildman–Crippen LogP) is 2.60. The van der Waals surface area contributed by atoms with Gasteiger partial charge in [0.15, 0.2) is 0 Å². The summed E-state index contributed by atoms with van der Waals surface area (Å²) in [6, 6.07) is 8.15. The Morgan fingerprint density at radius 3 is 2.50 bits per heavy atom. The fraction of sp³-hybridized carbons (Fsp3) is 0.308. The van der Waals surface area contributed by atoms with Crippen molar-refractivity contribution in [3.05, 3.63) is 30.0 Å². The number of hydrogen-bond donors (Lipinski definition) is 0. The summed E-state index contributed by atoms with van der Waals surface area (Å²) in [5.41, 5.74) is 1.97. The van der Waals surface area contributed by atoms with Crippen LogP contribution in [0.4, 0.5) is 0 Å². The van der Waals surface area contributed by atoms with Crippen molar-refractivity contribution in [2.24, 2.45) is 7.05 Å². The highest BCUT2D eigenvalue weighted by molar-refractivity contribution is 6.90. The molecule has 0 aliphatic carbocycles. The lowest BCUT2D eigenvalue weighted by Crippen LogP contribution is -2.37. The topological polar surface area (TPSA) is 28.7 Å². The summed E-state index contributed by atoms with van der Waals surface area (Å²) < 4.78 is 2.16. The number of rotatable bonds is 1. The van der Waals surface area contributed by atoms with E-state index in [1.54, 1.807) is 0 Å². The quantitative estimate of drug-likeness (QED) is 0.690. The lowest BCUT2D eigenvalue weighted by Gasteiger charge is -2.14. The highest BCUT2D eigenvalue weighted by Crippen LogP contribution is 2.18. The molecule has 1 heterocycles. The van der Waals surface area contributed by atoms with E-state index in [2.05, 4.69) is 43.5 Å². The Hall–Kier alpha value is -1.53. The lowest BCUT2D eigenvalue weighted by molar-refractivity contribution is 0.971. The van der Waals surface area contributed by atoms with Gasteiger partial charge in [0.25, 0.3) is 0 Å². The van der Waals surface area contributed by atoms with Gasteiger partial charge in [-0.25, -0.2) is 0 Å². The van der Waals surface area contributed by atoms with Crippen LogP contribution in [-0.4, -0.2) is 12.6 Å². The Balaban J connectivity index is 2.82. The van der Waals surface area contributed by atoms with E-state index in [-0.39, 0.29) is 0 Å². The van der Waals surface area contributed by atoms with Crippen LogP contribution in [0.1, 0.15) is 5.56 Å². The standard InChI is InChI=1S/C13H16N2Si/c1-15-9-13(16(2,3)4)11-7-10(8-14)5-6-12(11)15/h5-7,9H,1-4H3. The molecule has 16 heavy (non-hydrogen) atoms. The van der Waals surface area contributed by atoms with Crippen molar-refractivity contribution < 1.29 is 0 Å². The largest absolute Gasteiger partial charge is 0.351 e. The third-order valence-corrected chi connectivity index (χ3v) is 4.94. The molecule has 0 saturated heterocycles. The van der Waals surface area contributed by atoms with Crippen LogP contribution >= 0.6 is 0 Å². The smallest absolute Gasteiger partial charge is 0.0991 e. The molecule has 0 saturated carbocycles. The molecule has 0 radical (unpaired) electrons. The van der Waals surface area contributed by atoms with Gasteiger partial charge in [-0.3, -0.25) is 0 Å². The van der Waals surface area contributed by atoms with Crippen LogP contribution in [0.2, 0.25) is 19.6 Å². The molecule has 0 atom stereocenters. The molecule has 0 aliphatic heterocycles. The van der Waals surface area contributed by atoms with Crippen molar-refractivity contribution in [2.45, 2.75) is 19.6 Å². The Kier molecular flexibility index (Phi) is 2.40. The van der Waals surface area contributed by atoms with E-state index in [0.717, 1.165) is 5.56 Å². The van der Waals surface area contributed by atoms with Gasteiger partial charge < -0.3 is 4.57 Å². The molecule has 0 spiro atoms. The molecule has 2 rings (SSSR count). The third kappa shape index (κ3) is 1.66. The molecular weight excluding hydrogens is 212 g/mol. The van der Waals surface area contributed by atoms with Crippen LogP contribution in [0.25, 0.3) is 10.9 Å². The second-order valence-corrected chi connectivity index (χ2v) is 10.3. The minimum Gasteiger partial charge on any atom is -0.351 e. The van der Waals surface area contributed by atoms with Crippen molar-refractivity contribution >= 4 is 24.2 Å². The average molecular weight is 228 g/mol. The van der Waals surface area contributed by atoms with E-state index in [9.17, 15) is 0 Å². The monoisotopic (exact) mass is 228 g/mol. The van der Waals surface area contributed by atoms with E-state index in [1.165, 1.54) is 16.1 Å². The summed E-state index contributed by atoms with van der Waals surface area (Å²) in [4.78, 5) is 0. The van der Waals surface area contributed by atoms with Crippen LogP contribution in [0.5, 0.6) is 0 Å². The average Bonchev–Trinajstić information content (AvgIpc) is 2.55. The highest BCUT2D eigenvalue weighted by Gasteiger charge is 2.21. The first-order valence-electron chi connectivity index (χ1n) is 5.43. The molecule has 2 aromatic rings. The predicted molar refractivity (Wildman–Crippen MR) is 70.6 cm³/mol. The summed E-state index contributed by atoms with van der Waals surface area (Å²) in [5.74, 6) is 0. The molecule has 1 aromatic heterocycles. The maximum absolute atomic E-state index is 8.95. The van der Waals surface area contributed by atoms with Gasteiger partial charge >= 0.3 is 0 Å². The number of fused-ring (bicyclic) bond motifs is 1. The van der Waals surface area contributed by atoms with Crippen molar-refractivity contribution in [3.63, 3.8) is 0 Å². The second-order valence-electron chi connectivity index (χ2n) is 5.25. The number of nitriles is 1. The molecule has 0 aliphatic rings. The van der Waals surface area contributed by atoms with Crippen molar-refractivity contribution in [2.75, 3.05) is 0 Å². The zero-order chi connectivity index (χ0) is 11.9. The van der Waals surface area contributed by atoms with E-state index in [1.807, 2.05) is 18.2 Å². The van der Waals surface area contributed by atoms with Gasteiger partial charge in [0.1, 0.15) is 0 Å². The Labute approximate surface area is 97.1 Å². The third-order valence-electron chi connectivity index (χ3n) is 2.93. The SMILES string of the molecule is Cn1cc([Si](C)(C)C)c2cc(C#N)ccc21. The molecule has 0 amide bonds. The molecule has 82 valence electrons. The molecule has 1 aromatic carbocycles. The van der Waals surface area contributed by atoms with E-state index in [4.69, 9.17) is 5.26 Å². The maximum Gasteiger partial charge on any atom is 0.0991 e. The Bertz CT molecular complexity index is 582. The number of aromatic nitrogens is 1. The lowest BCUT2D eigenvalue weighted by atomic mass is 10.2. The van der Waals surface area contributed by atoms with Crippen molar-refractivity contribution in [1.82, 2.24) is 4.57 Å². The van der Waals surface area contributed by atoms with Crippen molar-refractivity contribution in [3.8, 4) is 6.07 Å². The molecule has 0 unspecified atom stereocenters. The molecule has 3 heteroatoms. The van der Waals surface area contributed by atoms with Crippen LogP contribution in [0, 0.1) is 11.3 Å². The summed E-state index contributed by atoms with van der Waals surface area (Å²) in [6.07, 6.45) is 2.22. The first-order valence-corrected chi connectivity index (χ1v) is 8.93. The second kappa shape index (κ2) is 3.50. The molecule has 0 N–H and O–H groups in total. The summed E-state index contributed by atoms with van der Waals surface area (Å²) in [7, 11) is 0.725. The van der Waals surface area contributed by atoms with Crippen LogP contribution in [-0.2, 0) is 7.05 Å². The summed E-state index contributed by atoms with van der Waals surface area (Å²) in [5, 5.41) is 11.6. The zero-order valence-corrected chi connectivity index (χ0v) is 11.2. The van der Waals surface area contributed by atoms with Gasteiger partial charge in [0.2, 0.25) is 0 Å².